The highest BCUT2D eigenvalue weighted by molar-refractivity contribution is 5.73. The first-order valence-electron chi connectivity index (χ1n) is 8.30. The van der Waals surface area contributed by atoms with Crippen molar-refractivity contribution in [3.05, 3.63) is 75.8 Å². The predicted molar refractivity (Wildman–Crippen MR) is 93.1 cm³/mol. The van der Waals surface area contributed by atoms with Crippen molar-refractivity contribution in [2.24, 2.45) is 0 Å². The lowest BCUT2D eigenvalue weighted by Gasteiger charge is -2.37. The number of ether oxygens (including phenoxy) is 1. The van der Waals surface area contributed by atoms with Crippen LogP contribution in [-0.4, -0.2) is 24.0 Å². The molecular formula is C19H20N2O4. The van der Waals surface area contributed by atoms with Gasteiger partial charge in [0.1, 0.15) is 5.60 Å². The van der Waals surface area contributed by atoms with Gasteiger partial charge in [0.25, 0.3) is 5.69 Å². The first kappa shape index (κ1) is 17.1. The normalized spacial score (nSPS) is 16.2. The molecule has 2 aromatic rings. The van der Waals surface area contributed by atoms with Gasteiger partial charge in [0.2, 0.25) is 0 Å². The molecule has 1 saturated heterocycles. The zero-order valence-electron chi connectivity index (χ0n) is 13.8. The second kappa shape index (κ2) is 7.44. The highest BCUT2D eigenvalue weighted by atomic mass is 16.6. The third-order valence-corrected chi connectivity index (χ3v) is 4.52. The highest BCUT2D eigenvalue weighted by Crippen LogP contribution is 2.35. The van der Waals surface area contributed by atoms with Crippen molar-refractivity contribution in [2.45, 2.75) is 24.9 Å². The number of nitro groups is 1. The third kappa shape index (κ3) is 4.03. The number of carbonyl (C=O) groups is 1. The minimum atomic E-state index is -0.607. The van der Waals surface area contributed by atoms with E-state index in [1.54, 1.807) is 12.1 Å². The summed E-state index contributed by atoms with van der Waals surface area (Å²) in [6.45, 7) is 1.58. The number of piperidine rings is 1. The summed E-state index contributed by atoms with van der Waals surface area (Å²) >= 11 is 0. The maximum atomic E-state index is 12.5. The van der Waals surface area contributed by atoms with E-state index in [9.17, 15) is 14.9 Å². The number of hydrogen-bond acceptors (Lipinski definition) is 5. The summed E-state index contributed by atoms with van der Waals surface area (Å²) < 4.78 is 5.93. The Morgan fingerprint density at radius 3 is 2.32 bits per heavy atom. The number of hydrogen-bond donors (Lipinski definition) is 1. The van der Waals surface area contributed by atoms with Gasteiger partial charge < -0.3 is 10.1 Å². The van der Waals surface area contributed by atoms with Crippen LogP contribution in [0.2, 0.25) is 0 Å². The Morgan fingerprint density at radius 1 is 1.08 bits per heavy atom. The molecule has 3 rings (SSSR count). The van der Waals surface area contributed by atoms with E-state index in [0.717, 1.165) is 31.5 Å². The maximum absolute atomic E-state index is 12.5. The van der Waals surface area contributed by atoms with Crippen molar-refractivity contribution in [2.75, 3.05) is 13.1 Å². The Balaban J connectivity index is 1.73. The molecule has 1 N–H and O–H groups in total. The van der Waals surface area contributed by atoms with E-state index in [4.69, 9.17) is 4.74 Å². The van der Waals surface area contributed by atoms with Crippen LogP contribution < -0.4 is 5.32 Å². The van der Waals surface area contributed by atoms with Gasteiger partial charge in [0.15, 0.2) is 0 Å². The van der Waals surface area contributed by atoms with E-state index in [2.05, 4.69) is 5.32 Å². The van der Waals surface area contributed by atoms with Crippen LogP contribution in [0.25, 0.3) is 0 Å². The monoisotopic (exact) mass is 340 g/mol. The minimum absolute atomic E-state index is 0.0104. The highest BCUT2D eigenvalue weighted by Gasteiger charge is 2.37. The summed E-state index contributed by atoms with van der Waals surface area (Å²) in [6, 6.07) is 15.8. The molecule has 0 aromatic heterocycles. The van der Waals surface area contributed by atoms with Crippen molar-refractivity contribution in [3.8, 4) is 0 Å². The molecule has 0 spiro atoms. The quantitative estimate of drug-likeness (QED) is 0.514. The fourth-order valence-corrected chi connectivity index (χ4v) is 3.18. The zero-order valence-corrected chi connectivity index (χ0v) is 13.8. The van der Waals surface area contributed by atoms with Crippen LogP contribution in [0.3, 0.4) is 0 Å². The molecule has 130 valence electrons. The molecule has 0 radical (unpaired) electrons. The van der Waals surface area contributed by atoms with Crippen LogP contribution in [0.5, 0.6) is 0 Å². The van der Waals surface area contributed by atoms with Gasteiger partial charge in [0, 0.05) is 25.0 Å². The Kier molecular flexibility index (Phi) is 5.09. The summed E-state index contributed by atoms with van der Waals surface area (Å²) in [7, 11) is 0. The summed E-state index contributed by atoms with van der Waals surface area (Å²) in [5, 5.41) is 14.0. The lowest BCUT2D eigenvalue weighted by molar-refractivity contribution is -0.384. The lowest BCUT2D eigenvalue weighted by Crippen LogP contribution is -2.43. The molecule has 0 amide bonds. The molecule has 0 bridgehead atoms. The van der Waals surface area contributed by atoms with Crippen LogP contribution >= 0.6 is 0 Å². The molecule has 6 heteroatoms. The van der Waals surface area contributed by atoms with Crippen molar-refractivity contribution in [3.63, 3.8) is 0 Å². The molecule has 0 atom stereocenters. The van der Waals surface area contributed by atoms with Crippen molar-refractivity contribution in [1.29, 1.82) is 0 Å². The van der Waals surface area contributed by atoms with Gasteiger partial charge in [-0.15, -0.1) is 0 Å². The third-order valence-electron chi connectivity index (χ3n) is 4.52. The first-order chi connectivity index (χ1) is 12.1. The molecule has 0 aliphatic carbocycles. The fourth-order valence-electron chi connectivity index (χ4n) is 3.18. The van der Waals surface area contributed by atoms with E-state index in [1.165, 1.54) is 12.1 Å². The van der Waals surface area contributed by atoms with Crippen molar-refractivity contribution < 1.29 is 14.5 Å². The maximum Gasteiger partial charge on any atom is 0.311 e. The van der Waals surface area contributed by atoms with Gasteiger partial charge >= 0.3 is 5.97 Å². The molecule has 6 nitrogen and oxygen atoms in total. The molecule has 25 heavy (non-hydrogen) atoms. The molecule has 2 aromatic carbocycles. The van der Waals surface area contributed by atoms with Crippen LogP contribution in [-0.2, 0) is 21.6 Å². The number of nitrogens with one attached hydrogen (secondary N) is 1. The van der Waals surface area contributed by atoms with E-state index < -0.39 is 10.5 Å². The molecular weight excluding hydrogens is 320 g/mol. The summed E-state index contributed by atoms with van der Waals surface area (Å²) in [4.78, 5) is 22.7. The second-order valence-corrected chi connectivity index (χ2v) is 6.18. The zero-order chi connectivity index (χ0) is 17.7. The lowest BCUT2D eigenvalue weighted by atomic mass is 9.84. The molecule has 0 saturated carbocycles. The number of carbonyl (C=O) groups excluding carboxylic acids is 1. The van der Waals surface area contributed by atoms with E-state index in [1.807, 2.05) is 30.3 Å². The van der Waals surface area contributed by atoms with E-state index >= 15 is 0 Å². The van der Waals surface area contributed by atoms with Crippen molar-refractivity contribution in [1.82, 2.24) is 5.32 Å². The Labute approximate surface area is 146 Å². The Bertz CT molecular complexity index is 738. The molecule has 1 aliphatic heterocycles. The minimum Gasteiger partial charge on any atom is -0.454 e. The van der Waals surface area contributed by atoms with Gasteiger partial charge in [-0.05, 0) is 24.2 Å². The topological polar surface area (TPSA) is 81.5 Å². The molecule has 0 unspecified atom stereocenters. The van der Waals surface area contributed by atoms with Gasteiger partial charge in [-0.2, -0.15) is 0 Å². The largest absolute Gasteiger partial charge is 0.454 e. The van der Waals surface area contributed by atoms with Crippen molar-refractivity contribution >= 4 is 11.7 Å². The first-order valence-corrected chi connectivity index (χ1v) is 8.30. The second-order valence-electron chi connectivity index (χ2n) is 6.18. The number of benzene rings is 2. The average molecular weight is 340 g/mol. The summed E-state index contributed by atoms with van der Waals surface area (Å²) in [6.07, 6.45) is 1.55. The summed E-state index contributed by atoms with van der Waals surface area (Å²) in [5.74, 6) is -0.320. The smallest absolute Gasteiger partial charge is 0.311 e. The van der Waals surface area contributed by atoms with Crippen LogP contribution in [0, 0.1) is 10.1 Å². The molecule has 1 aliphatic rings. The van der Waals surface area contributed by atoms with Crippen LogP contribution in [0.4, 0.5) is 5.69 Å². The standard InChI is InChI=1S/C19H20N2O4/c22-18(14-15-6-8-17(9-7-15)21(23)24)25-19(10-12-20-13-11-19)16-4-2-1-3-5-16/h1-9,20H,10-14H2. The number of nitro benzene ring substituents is 1. The predicted octanol–water partition coefficient (Wildman–Crippen LogP) is 2.96. The van der Waals surface area contributed by atoms with Crippen LogP contribution in [0.1, 0.15) is 24.0 Å². The van der Waals surface area contributed by atoms with Crippen LogP contribution in [0.15, 0.2) is 54.6 Å². The SMILES string of the molecule is O=C(Cc1ccc([N+](=O)[O-])cc1)OC1(c2ccccc2)CCNCC1. The number of nitrogens with zero attached hydrogens (tertiary/aromatic N) is 1. The van der Waals surface area contributed by atoms with E-state index in [0.29, 0.717) is 5.56 Å². The van der Waals surface area contributed by atoms with Gasteiger partial charge in [-0.1, -0.05) is 42.5 Å². The number of rotatable bonds is 5. The number of non-ortho nitro benzene ring substituents is 1. The fraction of sp³-hybridized carbons (Fsp3) is 0.316. The Morgan fingerprint density at radius 2 is 1.72 bits per heavy atom. The number of esters is 1. The Hall–Kier alpha value is -2.73. The molecule has 1 fully saturated rings. The average Bonchev–Trinajstić information content (AvgIpc) is 2.63. The van der Waals surface area contributed by atoms with E-state index in [-0.39, 0.29) is 18.1 Å². The summed E-state index contributed by atoms with van der Waals surface area (Å²) in [5.41, 5.74) is 1.11. The molecule has 1 heterocycles. The van der Waals surface area contributed by atoms with Gasteiger partial charge in [-0.25, -0.2) is 0 Å². The van der Waals surface area contributed by atoms with Gasteiger partial charge in [0.05, 0.1) is 11.3 Å². The van der Waals surface area contributed by atoms with Gasteiger partial charge in [-0.3, -0.25) is 14.9 Å².